The first-order valence-corrected chi connectivity index (χ1v) is 6.87. The summed E-state index contributed by atoms with van der Waals surface area (Å²) in [5.41, 5.74) is 0.905. The number of hydrogen-bond donors (Lipinski definition) is 3. The van der Waals surface area contributed by atoms with E-state index in [0.29, 0.717) is 10.8 Å². The number of aromatic hydroxyl groups is 2. The number of halogens is 1. The van der Waals surface area contributed by atoms with Gasteiger partial charge >= 0.3 is 0 Å². The molecule has 0 aliphatic rings. The normalized spacial score (nSPS) is 10.7. The Bertz CT molecular complexity index is 896. The van der Waals surface area contributed by atoms with Crippen LogP contribution in [0.15, 0.2) is 48.7 Å². The Morgan fingerprint density at radius 1 is 1.13 bits per heavy atom. The van der Waals surface area contributed by atoms with Crippen molar-refractivity contribution in [2.24, 2.45) is 0 Å². The molecular weight excluding hydrogens is 299 g/mol. The molecule has 0 fully saturated rings. The highest BCUT2D eigenvalue weighted by atomic mass is 19.1. The zero-order chi connectivity index (χ0) is 16.4. The Labute approximate surface area is 131 Å². The van der Waals surface area contributed by atoms with Gasteiger partial charge in [0, 0.05) is 18.1 Å². The van der Waals surface area contributed by atoms with E-state index >= 15 is 0 Å². The lowest BCUT2D eigenvalue weighted by molar-refractivity contribution is 0.0946. The highest BCUT2D eigenvalue weighted by Gasteiger charge is 2.10. The summed E-state index contributed by atoms with van der Waals surface area (Å²) in [6.07, 6.45) is 1.38. The first-order valence-electron chi connectivity index (χ1n) is 6.87. The Hall–Kier alpha value is -3.15. The number of hydrogen-bond acceptors (Lipinski definition) is 4. The van der Waals surface area contributed by atoms with E-state index in [0.717, 1.165) is 11.6 Å². The topological polar surface area (TPSA) is 82.5 Å². The van der Waals surface area contributed by atoms with Crippen molar-refractivity contribution >= 4 is 16.7 Å². The highest BCUT2D eigenvalue weighted by molar-refractivity contribution is 5.96. The van der Waals surface area contributed by atoms with Crippen LogP contribution < -0.4 is 5.32 Å². The molecule has 0 bridgehead atoms. The molecule has 1 amide bonds. The Morgan fingerprint density at radius 2 is 1.96 bits per heavy atom. The number of nitrogens with one attached hydrogen (secondary N) is 1. The van der Waals surface area contributed by atoms with Crippen LogP contribution in [0.2, 0.25) is 0 Å². The van der Waals surface area contributed by atoms with Crippen LogP contribution in [0.5, 0.6) is 11.5 Å². The molecule has 0 aliphatic heterocycles. The van der Waals surface area contributed by atoms with Crippen LogP contribution in [-0.2, 0) is 6.54 Å². The second-order valence-electron chi connectivity index (χ2n) is 5.07. The van der Waals surface area contributed by atoms with Gasteiger partial charge in [-0.3, -0.25) is 9.78 Å². The van der Waals surface area contributed by atoms with E-state index in [1.54, 1.807) is 24.3 Å². The van der Waals surface area contributed by atoms with Gasteiger partial charge in [0.15, 0.2) is 11.6 Å². The van der Waals surface area contributed by atoms with Crippen LogP contribution in [0.4, 0.5) is 4.39 Å². The van der Waals surface area contributed by atoms with Crippen LogP contribution >= 0.6 is 0 Å². The zero-order valence-electron chi connectivity index (χ0n) is 12.0. The average Bonchev–Trinajstić information content (AvgIpc) is 2.53. The molecule has 3 aromatic rings. The molecule has 2 aromatic carbocycles. The van der Waals surface area contributed by atoms with Crippen molar-refractivity contribution in [3.8, 4) is 11.5 Å². The van der Waals surface area contributed by atoms with Crippen LogP contribution in [0.25, 0.3) is 10.8 Å². The van der Waals surface area contributed by atoms with Crippen LogP contribution in [0.3, 0.4) is 0 Å². The predicted octanol–water partition coefficient (Wildman–Crippen LogP) is 2.72. The molecular formula is C17H13FN2O3. The van der Waals surface area contributed by atoms with Gasteiger partial charge in [0.1, 0.15) is 11.4 Å². The van der Waals surface area contributed by atoms with Gasteiger partial charge in [0.05, 0.1) is 0 Å². The molecule has 1 aromatic heterocycles. The summed E-state index contributed by atoms with van der Waals surface area (Å²) in [5.74, 6) is -1.49. The molecule has 3 N–H and O–H groups in total. The maximum Gasteiger partial charge on any atom is 0.270 e. The summed E-state index contributed by atoms with van der Waals surface area (Å²) in [7, 11) is 0. The van der Waals surface area contributed by atoms with Crippen LogP contribution in [0.1, 0.15) is 16.1 Å². The summed E-state index contributed by atoms with van der Waals surface area (Å²) in [6.45, 7) is 0.238. The Kier molecular flexibility index (Phi) is 3.80. The van der Waals surface area contributed by atoms with E-state index in [1.807, 2.05) is 0 Å². The molecule has 1 heterocycles. The van der Waals surface area contributed by atoms with Gasteiger partial charge in [-0.25, -0.2) is 4.39 Å². The summed E-state index contributed by atoms with van der Waals surface area (Å²) < 4.78 is 13.3. The lowest BCUT2D eigenvalue weighted by Gasteiger charge is -2.07. The quantitative estimate of drug-likeness (QED) is 0.694. The largest absolute Gasteiger partial charge is 0.508 e. The van der Waals surface area contributed by atoms with Crippen molar-refractivity contribution < 1.29 is 19.4 Å². The second kappa shape index (κ2) is 5.92. The molecule has 116 valence electrons. The standard InChI is InChI=1S/C17H13FN2O3/c18-14-5-12-9-19-15(6-11(12)7-16(14)22)17(23)20-8-10-2-1-3-13(21)4-10/h1-7,9,21-22H,8H2,(H,20,23). The van der Waals surface area contributed by atoms with E-state index in [9.17, 15) is 19.4 Å². The number of phenols is 2. The fraction of sp³-hybridized carbons (Fsp3) is 0.0588. The van der Waals surface area contributed by atoms with Gasteiger partial charge in [-0.1, -0.05) is 12.1 Å². The summed E-state index contributed by atoms with van der Waals surface area (Å²) in [5, 5.41) is 22.5. The smallest absolute Gasteiger partial charge is 0.270 e. The van der Waals surface area contributed by atoms with E-state index in [4.69, 9.17) is 0 Å². The monoisotopic (exact) mass is 312 g/mol. The van der Waals surface area contributed by atoms with Crippen molar-refractivity contribution in [3.63, 3.8) is 0 Å². The highest BCUT2D eigenvalue weighted by Crippen LogP contribution is 2.23. The number of fused-ring (bicyclic) bond motifs is 1. The summed E-state index contributed by atoms with van der Waals surface area (Å²) in [4.78, 5) is 16.1. The van der Waals surface area contributed by atoms with Crippen molar-refractivity contribution in [3.05, 3.63) is 65.7 Å². The van der Waals surface area contributed by atoms with Gasteiger partial charge in [0.2, 0.25) is 0 Å². The fourth-order valence-corrected chi connectivity index (χ4v) is 2.22. The summed E-state index contributed by atoms with van der Waals surface area (Å²) in [6, 6.07) is 10.4. The molecule has 0 atom stereocenters. The number of carbonyl (C=O) groups is 1. The number of amides is 1. The minimum Gasteiger partial charge on any atom is -0.508 e. The molecule has 23 heavy (non-hydrogen) atoms. The van der Waals surface area contributed by atoms with Crippen molar-refractivity contribution in [1.82, 2.24) is 10.3 Å². The van der Waals surface area contributed by atoms with Gasteiger partial charge < -0.3 is 15.5 Å². The fourth-order valence-electron chi connectivity index (χ4n) is 2.22. The minimum absolute atomic E-state index is 0.123. The third kappa shape index (κ3) is 3.21. The van der Waals surface area contributed by atoms with E-state index < -0.39 is 17.5 Å². The first-order chi connectivity index (χ1) is 11.0. The number of aromatic nitrogens is 1. The number of phenolic OH excluding ortho intramolecular Hbond substituents is 2. The van der Waals surface area contributed by atoms with E-state index in [1.165, 1.54) is 18.3 Å². The third-order valence-electron chi connectivity index (χ3n) is 3.38. The predicted molar refractivity (Wildman–Crippen MR) is 82.6 cm³/mol. The molecule has 3 rings (SSSR count). The third-order valence-corrected chi connectivity index (χ3v) is 3.38. The van der Waals surface area contributed by atoms with Crippen LogP contribution in [0, 0.1) is 5.82 Å². The first kappa shape index (κ1) is 14.8. The second-order valence-corrected chi connectivity index (χ2v) is 5.07. The molecule has 0 unspecified atom stereocenters. The van der Waals surface area contributed by atoms with Crippen molar-refractivity contribution in [2.45, 2.75) is 6.54 Å². The number of rotatable bonds is 3. The van der Waals surface area contributed by atoms with Gasteiger partial charge in [-0.15, -0.1) is 0 Å². The molecule has 0 saturated heterocycles. The minimum atomic E-state index is -0.736. The van der Waals surface area contributed by atoms with Gasteiger partial charge in [0.25, 0.3) is 5.91 Å². The lowest BCUT2D eigenvalue weighted by atomic mass is 10.1. The molecule has 0 radical (unpaired) electrons. The lowest BCUT2D eigenvalue weighted by Crippen LogP contribution is -2.23. The summed E-state index contributed by atoms with van der Waals surface area (Å²) >= 11 is 0. The number of nitrogens with zero attached hydrogens (tertiary/aromatic N) is 1. The SMILES string of the molecule is O=C(NCc1cccc(O)c1)c1cc2cc(O)c(F)cc2cn1. The number of carbonyl (C=O) groups excluding carboxylic acids is 1. The van der Waals surface area contributed by atoms with Gasteiger partial charge in [-0.2, -0.15) is 0 Å². The number of pyridine rings is 1. The molecule has 0 aliphatic carbocycles. The molecule has 6 heteroatoms. The van der Waals surface area contributed by atoms with Crippen LogP contribution in [-0.4, -0.2) is 21.1 Å². The van der Waals surface area contributed by atoms with Crippen molar-refractivity contribution in [2.75, 3.05) is 0 Å². The maximum atomic E-state index is 13.3. The van der Waals surface area contributed by atoms with E-state index in [-0.39, 0.29) is 18.0 Å². The molecule has 0 saturated carbocycles. The Morgan fingerprint density at radius 3 is 2.74 bits per heavy atom. The molecule has 5 nitrogen and oxygen atoms in total. The van der Waals surface area contributed by atoms with E-state index in [2.05, 4.69) is 10.3 Å². The van der Waals surface area contributed by atoms with Gasteiger partial charge in [-0.05, 0) is 41.3 Å². The zero-order valence-corrected chi connectivity index (χ0v) is 12.0. The van der Waals surface area contributed by atoms with Crippen molar-refractivity contribution in [1.29, 1.82) is 0 Å². The average molecular weight is 312 g/mol. The Balaban J connectivity index is 1.79. The maximum absolute atomic E-state index is 13.3. The molecule has 0 spiro atoms. The number of benzene rings is 2.